The molecule has 0 aromatic heterocycles. The van der Waals surface area contributed by atoms with Crippen LogP contribution in [0.2, 0.25) is 0 Å². The van der Waals surface area contributed by atoms with Gasteiger partial charge in [0, 0.05) is 12.3 Å². The summed E-state index contributed by atoms with van der Waals surface area (Å²) in [5.74, 6) is -0.562. The Labute approximate surface area is 217 Å². The first-order valence-corrected chi connectivity index (χ1v) is 12.4. The van der Waals surface area contributed by atoms with Gasteiger partial charge in [0.25, 0.3) is 0 Å². The molecule has 7 heteroatoms. The molecule has 0 radical (unpaired) electrons. The summed E-state index contributed by atoms with van der Waals surface area (Å²) < 4.78 is 16.8. The van der Waals surface area contributed by atoms with E-state index in [1.807, 2.05) is 57.2 Å². The van der Waals surface area contributed by atoms with Crippen LogP contribution >= 0.6 is 0 Å². The van der Waals surface area contributed by atoms with Crippen LogP contribution in [0.3, 0.4) is 0 Å². The third-order valence-electron chi connectivity index (χ3n) is 6.18. The fourth-order valence-electron chi connectivity index (χ4n) is 4.45. The molecule has 37 heavy (non-hydrogen) atoms. The Balaban J connectivity index is 1.30. The monoisotopic (exact) mass is 503 g/mol. The van der Waals surface area contributed by atoms with Gasteiger partial charge >= 0.3 is 12.1 Å². The maximum atomic E-state index is 12.6. The lowest BCUT2D eigenvalue weighted by Crippen LogP contribution is -2.42. The van der Waals surface area contributed by atoms with Crippen molar-refractivity contribution in [1.29, 1.82) is 0 Å². The molecule has 0 aliphatic heterocycles. The maximum Gasteiger partial charge on any atom is 0.407 e. The minimum absolute atomic E-state index is 0.0947. The molecule has 0 bridgehead atoms. The first-order chi connectivity index (χ1) is 17.7. The van der Waals surface area contributed by atoms with E-state index in [1.54, 1.807) is 24.3 Å². The molecule has 7 nitrogen and oxygen atoms in total. The zero-order valence-electron chi connectivity index (χ0n) is 21.4. The van der Waals surface area contributed by atoms with Gasteiger partial charge in [-0.15, -0.1) is 0 Å². The Bertz CT molecular complexity index is 1190. The maximum absolute atomic E-state index is 12.6. The Morgan fingerprint density at radius 2 is 1.49 bits per heavy atom. The predicted octanol–water partition coefficient (Wildman–Crippen LogP) is 5.41. The van der Waals surface area contributed by atoms with E-state index in [-0.39, 0.29) is 24.5 Å². The second-order valence-electron chi connectivity index (χ2n) is 10.0. The topological polar surface area (TPSA) is 94.1 Å². The highest BCUT2D eigenvalue weighted by Gasteiger charge is 2.29. The van der Waals surface area contributed by atoms with Crippen LogP contribution in [-0.4, -0.2) is 48.6 Å². The minimum atomic E-state index is -1.13. The van der Waals surface area contributed by atoms with Crippen molar-refractivity contribution in [2.24, 2.45) is 0 Å². The Kier molecular flexibility index (Phi) is 8.14. The first kappa shape index (κ1) is 26.2. The fourth-order valence-corrected chi connectivity index (χ4v) is 4.45. The van der Waals surface area contributed by atoms with E-state index in [0.717, 1.165) is 27.8 Å². The Morgan fingerprint density at radius 3 is 2.05 bits per heavy atom. The van der Waals surface area contributed by atoms with Crippen molar-refractivity contribution >= 4 is 12.1 Å². The summed E-state index contributed by atoms with van der Waals surface area (Å²) in [5.41, 5.74) is 4.98. The lowest BCUT2D eigenvalue weighted by molar-refractivity contribution is -0.139. The van der Waals surface area contributed by atoms with Crippen LogP contribution in [0.25, 0.3) is 11.1 Å². The molecule has 194 valence electrons. The SMILES string of the molecule is CC(C)(C)OCCOc1ccc(C[C@H](NC(=O)OCC2c3ccccc3-c3ccccc32)C(=O)O)cc1. The van der Waals surface area contributed by atoms with E-state index in [0.29, 0.717) is 19.0 Å². The van der Waals surface area contributed by atoms with Crippen molar-refractivity contribution in [3.05, 3.63) is 89.5 Å². The van der Waals surface area contributed by atoms with E-state index in [1.165, 1.54) is 0 Å². The summed E-state index contributed by atoms with van der Waals surface area (Å²) in [4.78, 5) is 24.4. The van der Waals surface area contributed by atoms with Crippen LogP contribution in [0, 0.1) is 0 Å². The zero-order valence-corrected chi connectivity index (χ0v) is 21.4. The summed E-state index contributed by atoms with van der Waals surface area (Å²) in [6, 6.07) is 22.1. The van der Waals surface area contributed by atoms with Crippen LogP contribution < -0.4 is 10.1 Å². The molecule has 4 rings (SSSR count). The van der Waals surface area contributed by atoms with E-state index in [2.05, 4.69) is 17.4 Å². The number of benzene rings is 3. The van der Waals surface area contributed by atoms with Gasteiger partial charge < -0.3 is 24.6 Å². The molecular weight excluding hydrogens is 470 g/mol. The molecular formula is C30H33NO6. The van der Waals surface area contributed by atoms with Crippen molar-refractivity contribution in [3.63, 3.8) is 0 Å². The molecule has 0 fully saturated rings. The number of carbonyl (C=O) groups excluding carboxylic acids is 1. The third-order valence-corrected chi connectivity index (χ3v) is 6.18. The van der Waals surface area contributed by atoms with Gasteiger partial charge in [-0.1, -0.05) is 60.7 Å². The van der Waals surface area contributed by atoms with Gasteiger partial charge in [-0.05, 0) is 60.7 Å². The number of fused-ring (bicyclic) bond motifs is 3. The van der Waals surface area contributed by atoms with E-state index in [4.69, 9.17) is 14.2 Å². The summed E-state index contributed by atoms with van der Waals surface area (Å²) in [5, 5.41) is 12.2. The molecule has 3 aromatic rings. The number of carboxylic acids is 1. The predicted molar refractivity (Wildman–Crippen MR) is 141 cm³/mol. The highest BCUT2D eigenvalue weighted by Crippen LogP contribution is 2.44. The lowest BCUT2D eigenvalue weighted by Gasteiger charge is -2.19. The van der Waals surface area contributed by atoms with Gasteiger partial charge in [0.05, 0.1) is 12.2 Å². The average molecular weight is 504 g/mol. The standard InChI is InChI=1S/C30H33NO6/c1-30(2,3)37-17-16-35-21-14-12-20(13-15-21)18-27(28(32)33)31-29(34)36-19-26-24-10-6-4-8-22(24)23-9-5-7-11-25(23)26/h4-15,26-27H,16-19H2,1-3H3,(H,31,34)(H,32,33)/t27-/m0/s1. The molecule has 1 amide bonds. The second-order valence-corrected chi connectivity index (χ2v) is 10.0. The van der Waals surface area contributed by atoms with Crippen LogP contribution in [0.1, 0.15) is 43.4 Å². The number of aliphatic carboxylic acids is 1. The number of alkyl carbamates (subject to hydrolysis) is 1. The van der Waals surface area contributed by atoms with Crippen LogP contribution in [0.15, 0.2) is 72.8 Å². The van der Waals surface area contributed by atoms with Gasteiger partial charge in [-0.25, -0.2) is 9.59 Å². The molecule has 1 aliphatic rings. The Morgan fingerprint density at radius 1 is 0.892 bits per heavy atom. The highest BCUT2D eigenvalue weighted by molar-refractivity contribution is 5.81. The second kappa shape index (κ2) is 11.5. The normalized spacial score (nSPS) is 13.4. The summed E-state index contributed by atoms with van der Waals surface area (Å²) in [7, 11) is 0. The van der Waals surface area contributed by atoms with Gasteiger partial charge in [0.15, 0.2) is 0 Å². The van der Waals surface area contributed by atoms with Crippen molar-refractivity contribution in [2.45, 2.75) is 44.8 Å². The molecule has 0 unspecified atom stereocenters. The molecule has 0 saturated carbocycles. The number of carboxylic acid groups (broad SMARTS) is 1. The fraction of sp³-hybridized carbons (Fsp3) is 0.333. The summed E-state index contributed by atoms with van der Waals surface area (Å²) >= 11 is 0. The highest BCUT2D eigenvalue weighted by atomic mass is 16.5. The third kappa shape index (κ3) is 6.89. The minimum Gasteiger partial charge on any atom is -0.491 e. The van der Waals surface area contributed by atoms with Crippen molar-refractivity contribution in [3.8, 4) is 16.9 Å². The number of amides is 1. The van der Waals surface area contributed by atoms with Crippen molar-refractivity contribution < 1.29 is 28.9 Å². The van der Waals surface area contributed by atoms with E-state index in [9.17, 15) is 14.7 Å². The van der Waals surface area contributed by atoms with Crippen molar-refractivity contribution in [1.82, 2.24) is 5.32 Å². The number of rotatable bonds is 10. The van der Waals surface area contributed by atoms with E-state index >= 15 is 0 Å². The van der Waals surface area contributed by atoms with E-state index < -0.39 is 18.1 Å². The first-order valence-electron chi connectivity index (χ1n) is 12.4. The van der Waals surface area contributed by atoms with Crippen LogP contribution in [0.5, 0.6) is 5.75 Å². The zero-order chi connectivity index (χ0) is 26.4. The number of carbonyl (C=O) groups is 2. The smallest absolute Gasteiger partial charge is 0.407 e. The number of nitrogens with one attached hydrogen (secondary N) is 1. The largest absolute Gasteiger partial charge is 0.491 e. The van der Waals surface area contributed by atoms with Gasteiger partial charge in [0.1, 0.15) is 25.0 Å². The van der Waals surface area contributed by atoms with Crippen LogP contribution in [-0.2, 0) is 20.7 Å². The molecule has 0 saturated heterocycles. The number of hydrogen-bond acceptors (Lipinski definition) is 5. The van der Waals surface area contributed by atoms with Gasteiger partial charge in [0.2, 0.25) is 0 Å². The van der Waals surface area contributed by atoms with Gasteiger partial charge in [-0.3, -0.25) is 0 Å². The lowest BCUT2D eigenvalue weighted by atomic mass is 9.98. The van der Waals surface area contributed by atoms with Gasteiger partial charge in [-0.2, -0.15) is 0 Å². The quantitative estimate of drug-likeness (QED) is 0.359. The van der Waals surface area contributed by atoms with Crippen LogP contribution in [0.4, 0.5) is 4.79 Å². The molecule has 3 aromatic carbocycles. The molecule has 1 atom stereocenters. The summed E-state index contributed by atoms with van der Waals surface area (Å²) in [6.07, 6.45) is -0.638. The Hall–Kier alpha value is -3.84. The number of hydrogen-bond donors (Lipinski definition) is 2. The molecule has 0 heterocycles. The summed E-state index contributed by atoms with van der Waals surface area (Å²) in [6.45, 7) is 6.96. The molecule has 1 aliphatic carbocycles. The van der Waals surface area contributed by atoms with Crippen molar-refractivity contribution in [2.75, 3.05) is 19.8 Å². The number of ether oxygens (including phenoxy) is 3. The average Bonchev–Trinajstić information content (AvgIpc) is 3.19. The molecule has 0 spiro atoms. The molecule has 2 N–H and O–H groups in total.